The van der Waals surface area contributed by atoms with Crippen LogP contribution in [0, 0.1) is 0 Å². The van der Waals surface area contributed by atoms with Gasteiger partial charge in [-0.3, -0.25) is 9.59 Å². The van der Waals surface area contributed by atoms with E-state index < -0.39 is 24.0 Å². The van der Waals surface area contributed by atoms with Crippen molar-refractivity contribution in [3.05, 3.63) is 36.5 Å². The minimum Gasteiger partial charge on any atom is -0.550 e. The highest BCUT2D eigenvalue weighted by molar-refractivity contribution is 5.72. The molecule has 1 unspecified atom stereocenters. The number of quaternary nitrogens is 1. The van der Waals surface area contributed by atoms with Crippen LogP contribution in [0.3, 0.4) is 0 Å². The Kier molecular flexibility index (Phi) is 15.1. The van der Waals surface area contributed by atoms with Gasteiger partial charge in [0.1, 0.15) is 6.54 Å². The van der Waals surface area contributed by atoms with Crippen LogP contribution in [0.1, 0.15) is 57.8 Å². The number of nitrogens with zero attached hydrogens (tertiary/aromatic N) is 1. The van der Waals surface area contributed by atoms with Gasteiger partial charge in [-0.25, -0.2) is 0 Å². The van der Waals surface area contributed by atoms with Crippen LogP contribution in [0.5, 0.6) is 0 Å². The van der Waals surface area contributed by atoms with Crippen molar-refractivity contribution < 1.29 is 33.8 Å². The van der Waals surface area contributed by atoms with E-state index in [1.165, 1.54) is 0 Å². The van der Waals surface area contributed by atoms with Gasteiger partial charge in [-0.1, -0.05) is 36.5 Å². The fraction of sp³-hybridized carbons (Fsp3) is 0.609. The Hall–Kier alpha value is -2.41. The molecular formula is C23H37NO6. The Balaban J connectivity index is 3.88. The molecule has 0 aliphatic carbocycles. The molecule has 1 atom stereocenters. The predicted octanol–water partition coefficient (Wildman–Crippen LogP) is 2.62. The molecule has 7 heteroatoms. The third-order valence-electron chi connectivity index (χ3n) is 4.02. The molecule has 0 aromatic rings. The van der Waals surface area contributed by atoms with E-state index in [0.717, 1.165) is 32.1 Å². The molecule has 1 N–H and O–H groups in total. The summed E-state index contributed by atoms with van der Waals surface area (Å²) in [5.41, 5.74) is 0. The Bertz CT molecular complexity index is 601. The second-order valence-corrected chi connectivity index (χ2v) is 8.23. The van der Waals surface area contributed by atoms with Crippen molar-refractivity contribution in [3.8, 4) is 0 Å². The minimum atomic E-state index is -1.22. The fourth-order valence-corrected chi connectivity index (χ4v) is 2.71. The molecule has 170 valence electrons. The first-order valence-corrected chi connectivity index (χ1v) is 10.5. The number of aliphatic carboxylic acids is 2. The van der Waals surface area contributed by atoms with Crippen LogP contribution in [0.15, 0.2) is 36.5 Å². The number of allylic oxidation sites excluding steroid dienone is 5. The largest absolute Gasteiger partial charge is 0.550 e. The molecule has 0 saturated carbocycles. The van der Waals surface area contributed by atoms with E-state index in [0.29, 0.717) is 17.4 Å². The zero-order chi connectivity index (χ0) is 22.8. The van der Waals surface area contributed by atoms with Gasteiger partial charge >= 0.3 is 11.9 Å². The fourth-order valence-electron chi connectivity index (χ4n) is 2.71. The molecule has 7 nitrogen and oxygen atoms in total. The number of hydrogen-bond acceptors (Lipinski definition) is 5. The van der Waals surface area contributed by atoms with Gasteiger partial charge in [-0.15, -0.1) is 0 Å². The first kappa shape index (κ1) is 27.6. The summed E-state index contributed by atoms with van der Waals surface area (Å²) >= 11 is 0. The molecule has 0 amide bonds. The van der Waals surface area contributed by atoms with Gasteiger partial charge in [-0.2, -0.15) is 0 Å². The topological polar surface area (TPSA) is 104 Å². The first-order chi connectivity index (χ1) is 14.1. The van der Waals surface area contributed by atoms with Gasteiger partial charge in [0.2, 0.25) is 0 Å². The van der Waals surface area contributed by atoms with Crippen LogP contribution in [0.4, 0.5) is 0 Å². The monoisotopic (exact) mass is 423 g/mol. The summed E-state index contributed by atoms with van der Waals surface area (Å²) in [4.78, 5) is 33.1. The molecule has 0 saturated heterocycles. The molecule has 0 fully saturated rings. The molecule has 0 radical (unpaired) electrons. The standard InChI is InChI=1S/C23H37NO6/c1-24(2,3)19-20(18-22(27)28)30-23(29)17-15-13-11-9-7-5-4-6-8-10-12-14-16-21(25)26/h4,6,10,12-13,15,20H,5,7-9,11,14,16-19H2,1-3H3,(H-,25,26,27,28)/b6-4+,12-10+,15-13+. The average molecular weight is 424 g/mol. The van der Waals surface area contributed by atoms with E-state index >= 15 is 0 Å². The third-order valence-corrected chi connectivity index (χ3v) is 4.02. The summed E-state index contributed by atoms with van der Waals surface area (Å²) in [6.45, 7) is 0.412. The van der Waals surface area contributed by atoms with E-state index in [-0.39, 0.29) is 19.3 Å². The molecule has 30 heavy (non-hydrogen) atoms. The maximum atomic E-state index is 11.9. The lowest BCUT2D eigenvalue weighted by Gasteiger charge is -2.29. The minimum absolute atomic E-state index is 0.134. The Morgan fingerprint density at radius 1 is 0.933 bits per heavy atom. The maximum absolute atomic E-state index is 11.9. The van der Waals surface area contributed by atoms with Gasteiger partial charge in [0.05, 0.1) is 27.6 Å². The van der Waals surface area contributed by atoms with Crippen LogP contribution >= 0.6 is 0 Å². The van der Waals surface area contributed by atoms with Crippen molar-refractivity contribution in [2.45, 2.75) is 63.9 Å². The molecule has 0 rings (SSSR count). The van der Waals surface area contributed by atoms with Gasteiger partial charge in [0.15, 0.2) is 6.10 Å². The highest BCUT2D eigenvalue weighted by atomic mass is 16.5. The number of unbranched alkanes of at least 4 members (excludes halogenated alkanes) is 3. The van der Waals surface area contributed by atoms with Crippen molar-refractivity contribution in [1.29, 1.82) is 0 Å². The summed E-state index contributed by atoms with van der Waals surface area (Å²) in [6.07, 6.45) is 16.4. The second-order valence-electron chi connectivity index (χ2n) is 8.23. The first-order valence-electron chi connectivity index (χ1n) is 10.5. The highest BCUT2D eigenvalue weighted by Gasteiger charge is 2.21. The second kappa shape index (κ2) is 16.4. The number of likely N-dealkylation sites (N-methyl/N-ethyl adjacent to an activating group) is 1. The SMILES string of the molecule is C[N+](C)(C)CC(CC(=O)[O-])OC(=O)C/C=C/CCCC/C=C/C/C=C/CCC(=O)O. The van der Waals surface area contributed by atoms with Crippen molar-refractivity contribution in [2.75, 3.05) is 27.7 Å². The Morgan fingerprint density at radius 3 is 2.03 bits per heavy atom. The van der Waals surface area contributed by atoms with Crippen LogP contribution in [0.25, 0.3) is 0 Å². The van der Waals surface area contributed by atoms with Crippen molar-refractivity contribution in [2.24, 2.45) is 0 Å². The number of hydrogen-bond donors (Lipinski definition) is 1. The van der Waals surface area contributed by atoms with Gasteiger partial charge in [0.25, 0.3) is 0 Å². The van der Waals surface area contributed by atoms with Crippen molar-refractivity contribution in [1.82, 2.24) is 0 Å². The quantitative estimate of drug-likeness (QED) is 0.167. The summed E-state index contributed by atoms with van der Waals surface area (Å²) in [6, 6.07) is 0. The van der Waals surface area contributed by atoms with E-state index in [4.69, 9.17) is 9.84 Å². The Morgan fingerprint density at radius 2 is 1.50 bits per heavy atom. The van der Waals surface area contributed by atoms with E-state index in [1.807, 2.05) is 39.4 Å². The number of carboxylic acid groups (broad SMARTS) is 2. The predicted molar refractivity (Wildman–Crippen MR) is 114 cm³/mol. The number of carbonyl (C=O) groups excluding carboxylic acids is 2. The molecule has 0 aromatic carbocycles. The van der Waals surface area contributed by atoms with Crippen molar-refractivity contribution in [3.63, 3.8) is 0 Å². The van der Waals surface area contributed by atoms with Gasteiger partial charge < -0.3 is 24.2 Å². The number of carbonyl (C=O) groups is 3. The number of rotatable bonds is 17. The Labute approximate surface area is 180 Å². The lowest BCUT2D eigenvalue weighted by atomic mass is 10.1. The molecular weight excluding hydrogens is 386 g/mol. The summed E-state index contributed by atoms with van der Waals surface area (Å²) < 4.78 is 5.78. The molecule has 0 aromatic heterocycles. The van der Waals surface area contributed by atoms with E-state index in [1.54, 1.807) is 6.08 Å². The zero-order valence-corrected chi connectivity index (χ0v) is 18.5. The molecule has 0 aliphatic rings. The van der Waals surface area contributed by atoms with Gasteiger partial charge in [-0.05, 0) is 38.5 Å². The van der Waals surface area contributed by atoms with Crippen LogP contribution in [-0.2, 0) is 19.1 Å². The van der Waals surface area contributed by atoms with Crippen LogP contribution in [-0.4, -0.2) is 61.3 Å². The molecule has 0 aliphatic heterocycles. The third kappa shape index (κ3) is 20.3. The zero-order valence-electron chi connectivity index (χ0n) is 18.5. The molecule has 0 bridgehead atoms. The smallest absolute Gasteiger partial charge is 0.310 e. The summed E-state index contributed by atoms with van der Waals surface area (Å²) in [7, 11) is 5.72. The summed E-state index contributed by atoms with van der Waals surface area (Å²) in [5.74, 6) is -2.42. The van der Waals surface area contributed by atoms with Crippen molar-refractivity contribution >= 4 is 17.9 Å². The molecule has 0 heterocycles. The number of carboxylic acids is 2. The maximum Gasteiger partial charge on any atom is 0.310 e. The molecule has 0 spiro atoms. The lowest BCUT2D eigenvalue weighted by Crippen LogP contribution is -2.45. The lowest BCUT2D eigenvalue weighted by molar-refractivity contribution is -0.873. The van der Waals surface area contributed by atoms with Crippen LogP contribution < -0.4 is 5.11 Å². The van der Waals surface area contributed by atoms with Crippen LogP contribution in [0.2, 0.25) is 0 Å². The highest BCUT2D eigenvalue weighted by Crippen LogP contribution is 2.07. The van der Waals surface area contributed by atoms with E-state index in [2.05, 4.69) is 12.2 Å². The number of ether oxygens (including phenoxy) is 1. The van der Waals surface area contributed by atoms with Gasteiger partial charge in [0, 0.05) is 18.8 Å². The summed E-state index contributed by atoms with van der Waals surface area (Å²) in [5, 5.41) is 19.4. The number of esters is 1. The van der Waals surface area contributed by atoms with E-state index in [9.17, 15) is 19.5 Å². The normalized spacial score (nSPS) is 13.3. The average Bonchev–Trinajstić information content (AvgIpc) is 2.59.